The summed E-state index contributed by atoms with van der Waals surface area (Å²) < 4.78 is 0.845. The van der Waals surface area contributed by atoms with E-state index in [1.807, 2.05) is 6.07 Å². The van der Waals surface area contributed by atoms with Crippen molar-refractivity contribution in [2.75, 3.05) is 6.54 Å². The molecule has 1 unspecified atom stereocenters. The van der Waals surface area contributed by atoms with E-state index in [0.717, 1.165) is 23.7 Å². The molecule has 0 bridgehead atoms. The molecule has 1 nitrogen and oxygen atoms in total. The molecule has 3 heteroatoms. The SMILES string of the molecule is C#CCCCNC(C)c1ccc(Cl)s1. The first-order chi connectivity index (χ1) is 6.74. The van der Waals surface area contributed by atoms with Crippen LogP contribution in [-0.4, -0.2) is 6.54 Å². The van der Waals surface area contributed by atoms with Crippen LogP contribution < -0.4 is 5.32 Å². The molecule has 14 heavy (non-hydrogen) atoms. The Labute approximate surface area is 94.5 Å². The predicted molar refractivity (Wildman–Crippen MR) is 63.8 cm³/mol. The number of unbranched alkanes of at least 4 members (excludes halogenated alkanes) is 1. The summed E-state index contributed by atoms with van der Waals surface area (Å²) in [6.45, 7) is 3.10. The molecule has 1 aromatic heterocycles. The number of rotatable bonds is 5. The van der Waals surface area contributed by atoms with E-state index < -0.39 is 0 Å². The Kier molecular flexibility index (Phi) is 5.03. The van der Waals surface area contributed by atoms with Gasteiger partial charge in [0.2, 0.25) is 0 Å². The summed E-state index contributed by atoms with van der Waals surface area (Å²) >= 11 is 7.47. The fourth-order valence-corrected chi connectivity index (χ4v) is 2.26. The van der Waals surface area contributed by atoms with Gasteiger partial charge in [-0.15, -0.1) is 23.7 Å². The Balaban J connectivity index is 2.29. The number of nitrogens with one attached hydrogen (secondary N) is 1. The number of terminal acetylenes is 1. The molecule has 1 aromatic rings. The van der Waals surface area contributed by atoms with Crippen LogP contribution in [0.3, 0.4) is 0 Å². The Hall–Kier alpha value is -0.490. The van der Waals surface area contributed by atoms with Gasteiger partial charge in [-0.25, -0.2) is 0 Å². The first-order valence-corrected chi connectivity index (χ1v) is 5.85. The number of hydrogen-bond donors (Lipinski definition) is 1. The van der Waals surface area contributed by atoms with Gasteiger partial charge in [0.15, 0.2) is 0 Å². The highest BCUT2D eigenvalue weighted by atomic mass is 35.5. The van der Waals surface area contributed by atoms with Gasteiger partial charge in [-0.05, 0) is 32.0 Å². The average Bonchev–Trinajstić information content (AvgIpc) is 2.59. The molecule has 0 fully saturated rings. The van der Waals surface area contributed by atoms with Crippen LogP contribution in [0.5, 0.6) is 0 Å². The maximum absolute atomic E-state index is 5.85. The summed E-state index contributed by atoms with van der Waals surface area (Å²) in [6.07, 6.45) is 7.03. The molecular formula is C11H14ClNS. The second-order valence-corrected chi connectivity index (χ2v) is 4.87. The summed E-state index contributed by atoms with van der Waals surface area (Å²) in [7, 11) is 0. The molecule has 1 rings (SSSR count). The molecule has 1 N–H and O–H groups in total. The maximum atomic E-state index is 5.85. The lowest BCUT2D eigenvalue weighted by Gasteiger charge is -2.10. The smallest absolute Gasteiger partial charge is 0.0931 e. The van der Waals surface area contributed by atoms with E-state index >= 15 is 0 Å². The maximum Gasteiger partial charge on any atom is 0.0931 e. The van der Waals surface area contributed by atoms with Crippen LogP contribution in [0, 0.1) is 12.3 Å². The van der Waals surface area contributed by atoms with Gasteiger partial charge in [0, 0.05) is 17.3 Å². The van der Waals surface area contributed by atoms with Crippen LogP contribution in [0.15, 0.2) is 12.1 Å². The molecule has 1 heterocycles. The number of halogens is 1. The monoisotopic (exact) mass is 227 g/mol. The van der Waals surface area contributed by atoms with Crippen molar-refractivity contribution >= 4 is 22.9 Å². The van der Waals surface area contributed by atoms with Gasteiger partial charge in [-0.1, -0.05) is 11.6 Å². The van der Waals surface area contributed by atoms with E-state index in [0.29, 0.717) is 6.04 Å². The van der Waals surface area contributed by atoms with Gasteiger partial charge >= 0.3 is 0 Å². The summed E-state index contributed by atoms with van der Waals surface area (Å²) in [6, 6.07) is 4.36. The molecule has 0 aliphatic heterocycles. The standard InChI is InChI=1S/C11H14ClNS/c1-3-4-5-8-13-9(2)10-6-7-11(12)14-10/h1,6-7,9,13H,4-5,8H2,2H3. The molecule has 1 atom stereocenters. The van der Waals surface area contributed by atoms with E-state index in [1.165, 1.54) is 4.88 Å². The molecule has 0 aliphatic carbocycles. The van der Waals surface area contributed by atoms with E-state index in [2.05, 4.69) is 24.2 Å². The molecule has 0 aliphatic rings. The van der Waals surface area contributed by atoms with Gasteiger partial charge in [-0.3, -0.25) is 0 Å². The Bertz CT molecular complexity index is 313. The normalized spacial score (nSPS) is 12.4. The first-order valence-electron chi connectivity index (χ1n) is 4.66. The Morgan fingerprint density at radius 3 is 3.00 bits per heavy atom. The lowest BCUT2D eigenvalue weighted by molar-refractivity contribution is 0.570. The van der Waals surface area contributed by atoms with Crippen molar-refractivity contribution in [2.45, 2.75) is 25.8 Å². The van der Waals surface area contributed by atoms with Gasteiger partial charge in [0.25, 0.3) is 0 Å². The molecule has 0 spiro atoms. The predicted octanol–water partition coefficient (Wildman–Crippen LogP) is 3.47. The lowest BCUT2D eigenvalue weighted by atomic mass is 10.2. The minimum atomic E-state index is 0.366. The Morgan fingerprint density at radius 2 is 2.43 bits per heavy atom. The van der Waals surface area contributed by atoms with E-state index in [4.69, 9.17) is 18.0 Å². The molecular weight excluding hydrogens is 214 g/mol. The summed E-state index contributed by atoms with van der Waals surface area (Å²) in [5.74, 6) is 2.63. The van der Waals surface area contributed by atoms with Crippen molar-refractivity contribution in [2.24, 2.45) is 0 Å². The van der Waals surface area contributed by atoms with Crippen LogP contribution in [0.25, 0.3) is 0 Å². The zero-order valence-corrected chi connectivity index (χ0v) is 9.79. The molecule has 0 aromatic carbocycles. The highest BCUT2D eigenvalue weighted by molar-refractivity contribution is 7.16. The lowest BCUT2D eigenvalue weighted by Crippen LogP contribution is -2.18. The molecule has 0 saturated carbocycles. The highest BCUT2D eigenvalue weighted by Crippen LogP contribution is 2.26. The molecule has 0 saturated heterocycles. The zero-order chi connectivity index (χ0) is 10.4. The highest BCUT2D eigenvalue weighted by Gasteiger charge is 2.06. The van der Waals surface area contributed by atoms with Crippen LogP contribution in [-0.2, 0) is 0 Å². The summed E-state index contributed by atoms with van der Waals surface area (Å²) in [4.78, 5) is 1.27. The first kappa shape index (κ1) is 11.6. The quantitative estimate of drug-likeness (QED) is 0.600. The average molecular weight is 228 g/mol. The van der Waals surface area contributed by atoms with Gasteiger partial charge in [-0.2, -0.15) is 0 Å². The fraction of sp³-hybridized carbons (Fsp3) is 0.455. The molecule has 0 amide bonds. The topological polar surface area (TPSA) is 12.0 Å². The van der Waals surface area contributed by atoms with Crippen molar-refractivity contribution in [3.05, 3.63) is 21.3 Å². The summed E-state index contributed by atoms with van der Waals surface area (Å²) in [5.41, 5.74) is 0. The number of thiophene rings is 1. The third kappa shape index (κ3) is 3.71. The molecule has 0 radical (unpaired) electrons. The van der Waals surface area contributed by atoms with Crippen molar-refractivity contribution < 1.29 is 0 Å². The third-order valence-electron chi connectivity index (χ3n) is 1.97. The Morgan fingerprint density at radius 1 is 1.64 bits per heavy atom. The van der Waals surface area contributed by atoms with E-state index in [9.17, 15) is 0 Å². The minimum Gasteiger partial charge on any atom is -0.309 e. The molecule has 76 valence electrons. The number of hydrogen-bond acceptors (Lipinski definition) is 2. The zero-order valence-electron chi connectivity index (χ0n) is 8.22. The third-order valence-corrected chi connectivity index (χ3v) is 3.38. The van der Waals surface area contributed by atoms with E-state index in [1.54, 1.807) is 11.3 Å². The summed E-state index contributed by atoms with van der Waals surface area (Å²) in [5, 5.41) is 3.40. The second kappa shape index (κ2) is 6.08. The van der Waals surface area contributed by atoms with Crippen molar-refractivity contribution in [1.29, 1.82) is 0 Å². The van der Waals surface area contributed by atoms with Crippen LogP contribution in [0.2, 0.25) is 4.34 Å². The second-order valence-electron chi connectivity index (χ2n) is 3.13. The largest absolute Gasteiger partial charge is 0.309 e. The van der Waals surface area contributed by atoms with Crippen molar-refractivity contribution in [3.63, 3.8) is 0 Å². The van der Waals surface area contributed by atoms with E-state index in [-0.39, 0.29) is 0 Å². The minimum absolute atomic E-state index is 0.366. The van der Waals surface area contributed by atoms with Crippen molar-refractivity contribution in [1.82, 2.24) is 5.32 Å². The van der Waals surface area contributed by atoms with Gasteiger partial charge in [0.05, 0.1) is 4.34 Å². The van der Waals surface area contributed by atoms with Gasteiger partial charge in [0.1, 0.15) is 0 Å². The fourth-order valence-electron chi connectivity index (χ4n) is 1.17. The van der Waals surface area contributed by atoms with Crippen LogP contribution >= 0.6 is 22.9 Å². The van der Waals surface area contributed by atoms with Crippen LogP contribution in [0.4, 0.5) is 0 Å². The van der Waals surface area contributed by atoms with Crippen LogP contribution in [0.1, 0.15) is 30.7 Å². The van der Waals surface area contributed by atoms with Crippen molar-refractivity contribution in [3.8, 4) is 12.3 Å². The van der Waals surface area contributed by atoms with Gasteiger partial charge < -0.3 is 5.32 Å².